The molecule has 5 heteroatoms. The van der Waals surface area contributed by atoms with Gasteiger partial charge in [0, 0.05) is 24.3 Å². The maximum absolute atomic E-state index is 5.96. The lowest BCUT2D eigenvalue weighted by molar-refractivity contribution is 0.150. The van der Waals surface area contributed by atoms with Crippen LogP contribution in [-0.2, 0) is 13.2 Å². The second-order valence-corrected chi connectivity index (χ2v) is 8.25. The second-order valence-electron chi connectivity index (χ2n) is 8.25. The molecule has 0 saturated carbocycles. The Hall–Kier alpha value is -2.92. The third-order valence-corrected chi connectivity index (χ3v) is 6.20. The summed E-state index contributed by atoms with van der Waals surface area (Å²) in [7, 11) is 1.66. The van der Waals surface area contributed by atoms with Crippen LogP contribution in [-0.4, -0.2) is 34.6 Å². The van der Waals surface area contributed by atoms with Crippen LogP contribution in [0.5, 0.6) is 11.9 Å². The van der Waals surface area contributed by atoms with E-state index in [1.165, 1.54) is 36.0 Å². The van der Waals surface area contributed by atoms with Gasteiger partial charge in [-0.3, -0.25) is 4.90 Å². The lowest BCUT2D eigenvalue weighted by atomic mass is 9.97. The van der Waals surface area contributed by atoms with Gasteiger partial charge in [-0.25, -0.2) is 4.98 Å². The molecule has 1 saturated heterocycles. The first-order valence-corrected chi connectivity index (χ1v) is 11.1. The Kier molecular flexibility index (Phi) is 6.82. The molecule has 0 radical (unpaired) electrons. The van der Waals surface area contributed by atoms with Crippen molar-refractivity contribution < 1.29 is 9.47 Å². The SMILES string of the molecule is COc1nc(OCc2cccc(-c3ccccc3)c2C)ncc1CN1CCCC[C@H]1C. The minimum atomic E-state index is 0.344. The summed E-state index contributed by atoms with van der Waals surface area (Å²) in [5.74, 6) is 0.595. The molecule has 1 aromatic heterocycles. The van der Waals surface area contributed by atoms with Crippen LogP contribution in [0.3, 0.4) is 0 Å². The molecule has 0 aliphatic carbocycles. The van der Waals surface area contributed by atoms with Crippen molar-refractivity contribution in [2.45, 2.75) is 52.3 Å². The summed E-state index contributed by atoms with van der Waals surface area (Å²) in [6.45, 7) is 6.75. The molecular weight excluding hydrogens is 386 g/mol. The lowest BCUT2D eigenvalue weighted by Gasteiger charge is -2.33. The Morgan fingerprint density at radius 3 is 2.65 bits per heavy atom. The smallest absolute Gasteiger partial charge is 0.320 e. The van der Waals surface area contributed by atoms with Gasteiger partial charge in [-0.15, -0.1) is 0 Å². The molecule has 3 aromatic rings. The normalized spacial score (nSPS) is 16.8. The monoisotopic (exact) mass is 417 g/mol. The van der Waals surface area contributed by atoms with E-state index in [1.807, 2.05) is 12.3 Å². The largest absolute Gasteiger partial charge is 0.481 e. The predicted molar refractivity (Wildman–Crippen MR) is 123 cm³/mol. The van der Waals surface area contributed by atoms with E-state index >= 15 is 0 Å². The van der Waals surface area contributed by atoms with Gasteiger partial charge in [0.2, 0.25) is 5.88 Å². The maximum atomic E-state index is 5.96. The van der Waals surface area contributed by atoms with Crippen LogP contribution in [0.2, 0.25) is 0 Å². The fourth-order valence-electron chi connectivity index (χ4n) is 4.25. The van der Waals surface area contributed by atoms with E-state index in [2.05, 4.69) is 71.2 Å². The molecule has 0 unspecified atom stereocenters. The fourth-order valence-corrected chi connectivity index (χ4v) is 4.25. The number of hydrogen-bond donors (Lipinski definition) is 0. The molecule has 1 aliphatic heterocycles. The van der Waals surface area contributed by atoms with Crippen LogP contribution >= 0.6 is 0 Å². The van der Waals surface area contributed by atoms with Gasteiger partial charge in [0.25, 0.3) is 0 Å². The Balaban J connectivity index is 1.47. The number of aromatic nitrogens is 2. The molecular formula is C26H31N3O2. The second kappa shape index (κ2) is 9.92. The Morgan fingerprint density at radius 2 is 1.87 bits per heavy atom. The van der Waals surface area contributed by atoms with Crippen molar-refractivity contribution in [2.24, 2.45) is 0 Å². The molecule has 0 bridgehead atoms. The van der Waals surface area contributed by atoms with E-state index in [4.69, 9.17) is 9.47 Å². The van der Waals surface area contributed by atoms with Gasteiger partial charge in [-0.05, 0) is 55.5 Å². The Morgan fingerprint density at radius 1 is 1.03 bits per heavy atom. The molecule has 4 rings (SSSR count). The van der Waals surface area contributed by atoms with Crippen LogP contribution in [0.15, 0.2) is 54.7 Å². The summed E-state index contributed by atoms with van der Waals surface area (Å²) in [5.41, 5.74) is 5.75. The number of methoxy groups -OCH3 is 1. The van der Waals surface area contributed by atoms with Gasteiger partial charge in [0.15, 0.2) is 0 Å². The van der Waals surface area contributed by atoms with Gasteiger partial charge in [0.05, 0.1) is 7.11 Å². The summed E-state index contributed by atoms with van der Waals surface area (Å²) in [5, 5.41) is 0. The fraction of sp³-hybridized carbons (Fsp3) is 0.385. The third kappa shape index (κ3) is 5.05. The molecule has 2 heterocycles. The number of ether oxygens (including phenoxy) is 2. The topological polar surface area (TPSA) is 47.5 Å². The van der Waals surface area contributed by atoms with Crippen molar-refractivity contribution in [1.29, 1.82) is 0 Å². The summed E-state index contributed by atoms with van der Waals surface area (Å²) >= 11 is 0. The molecule has 1 fully saturated rings. The zero-order chi connectivity index (χ0) is 21.6. The minimum Gasteiger partial charge on any atom is -0.481 e. The van der Waals surface area contributed by atoms with Crippen LogP contribution in [0.4, 0.5) is 0 Å². The molecule has 0 spiro atoms. The first kappa shape index (κ1) is 21.3. The van der Waals surface area contributed by atoms with E-state index in [-0.39, 0.29) is 0 Å². The highest BCUT2D eigenvalue weighted by atomic mass is 16.5. The van der Waals surface area contributed by atoms with E-state index < -0.39 is 0 Å². The molecule has 0 amide bonds. The summed E-state index contributed by atoms with van der Waals surface area (Å²) in [6.07, 6.45) is 5.64. The van der Waals surface area contributed by atoms with E-state index in [0.29, 0.717) is 24.5 Å². The van der Waals surface area contributed by atoms with Crippen molar-refractivity contribution in [1.82, 2.24) is 14.9 Å². The standard InChI is InChI=1S/C26H31N3O2/c1-19-10-7-8-15-29(19)17-23-16-27-26(28-25(23)30-3)31-18-22-13-9-14-24(20(22)2)21-11-5-4-6-12-21/h4-6,9,11-14,16,19H,7-8,10,15,17-18H2,1-3H3/t19-/m1/s1. The van der Waals surface area contributed by atoms with Gasteiger partial charge < -0.3 is 9.47 Å². The Labute approximate surface area is 185 Å². The highest BCUT2D eigenvalue weighted by Gasteiger charge is 2.20. The average molecular weight is 418 g/mol. The molecule has 0 N–H and O–H groups in total. The average Bonchev–Trinajstić information content (AvgIpc) is 2.81. The minimum absolute atomic E-state index is 0.344. The van der Waals surface area contributed by atoms with E-state index in [0.717, 1.165) is 24.2 Å². The molecule has 1 atom stereocenters. The van der Waals surface area contributed by atoms with E-state index in [9.17, 15) is 0 Å². The number of benzene rings is 2. The molecule has 2 aromatic carbocycles. The predicted octanol–water partition coefficient (Wildman–Crippen LogP) is 5.41. The number of piperidine rings is 1. The van der Waals surface area contributed by atoms with Crippen LogP contribution in [0.1, 0.15) is 42.9 Å². The van der Waals surface area contributed by atoms with Gasteiger partial charge in [0.1, 0.15) is 6.61 Å². The Bertz CT molecular complexity index is 1010. The zero-order valence-electron chi connectivity index (χ0n) is 18.7. The van der Waals surface area contributed by atoms with Gasteiger partial charge >= 0.3 is 6.01 Å². The van der Waals surface area contributed by atoms with Crippen LogP contribution < -0.4 is 9.47 Å². The highest BCUT2D eigenvalue weighted by molar-refractivity contribution is 5.68. The van der Waals surface area contributed by atoms with Crippen molar-refractivity contribution in [3.63, 3.8) is 0 Å². The highest BCUT2D eigenvalue weighted by Crippen LogP contribution is 2.27. The first-order valence-electron chi connectivity index (χ1n) is 11.1. The maximum Gasteiger partial charge on any atom is 0.320 e. The molecule has 5 nitrogen and oxygen atoms in total. The van der Waals surface area contributed by atoms with Crippen LogP contribution in [0, 0.1) is 6.92 Å². The number of rotatable bonds is 7. The van der Waals surface area contributed by atoms with Gasteiger partial charge in [-0.2, -0.15) is 4.98 Å². The summed E-state index contributed by atoms with van der Waals surface area (Å²) < 4.78 is 11.5. The van der Waals surface area contributed by atoms with Gasteiger partial charge in [-0.1, -0.05) is 55.0 Å². The number of nitrogens with zero attached hydrogens (tertiary/aromatic N) is 3. The van der Waals surface area contributed by atoms with Crippen LogP contribution in [0.25, 0.3) is 11.1 Å². The van der Waals surface area contributed by atoms with Crippen molar-refractivity contribution >= 4 is 0 Å². The molecule has 31 heavy (non-hydrogen) atoms. The van der Waals surface area contributed by atoms with Crippen molar-refractivity contribution in [3.05, 3.63) is 71.4 Å². The number of hydrogen-bond acceptors (Lipinski definition) is 5. The van der Waals surface area contributed by atoms with E-state index in [1.54, 1.807) is 7.11 Å². The van der Waals surface area contributed by atoms with Crippen molar-refractivity contribution in [3.8, 4) is 23.0 Å². The first-order chi connectivity index (χ1) is 15.2. The lowest BCUT2D eigenvalue weighted by Crippen LogP contribution is -2.36. The molecule has 162 valence electrons. The quantitative estimate of drug-likeness (QED) is 0.514. The summed E-state index contributed by atoms with van der Waals surface area (Å²) in [4.78, 5) is 11.5. The molecule has 1 aliphatic rings. The third-order valence-electron chi connectivity index (χ3n) is 6.20. The van der Waals surface area contributed by atoms with Crippen molar-refractivity contribution in [2.75, 3.05) is 13.7 Å². The number of likely N-dealkylation sites (tertiary alicyclic amines) is 1. The summed E-state index contributed by atoms with van der Waals surface area (Å²) in [6, 6.07) is 17.6. The zero-order valence-corrected chi connectivity index (χ0v) is 18.7.